The molecule has 0 heterocycles. The zero-order chi connectivity index (χ0) is 9.78. The highest BCUT2D eigenvalue weighted by atomic mass is 35.5. The molecule has 3 nitrogen and oxygen atoms in total. The average Bonchev–Trinajstić information content (AvgIpc) is 1.99. The molecule has 0 atom stereocenters. The second kappa shape index (κ2) is 4.84. The summed E-state index contributed by atoms with van der Waals surface area (Å²) in [6, 6.07) is -0.0771. The summed E-state index contributed by atoms with van der Waals surface area (Å²) in [6.07, 6.45) is 1.55. The highest BCUT2D eigenvalue weighted by Gasteiger charge is 2.21. The number of alkyl halides is 1. The quantitative estimate of drug-likeness (QED) is 0.510. The molecule has 0 aromatic rings. The lowest BCUT2D eigenvalue weighted by molar-refractivity contribution is 0.385. The van der Waals surface area contributed by atoms with Gasteiger partial charge in [-0.1, -0.05) is 6.08 Å². The summed E-state index contributed by atoms with van der Waals surface area (Å²) in [5.41, 5.74) is 0. The lowest BCUT2D eigenvalue weighted by atomic mass is 10.4. The maximum atomic E-state index is 11.3. The van der Waals surface area contributed by atoms with Gasteiger partial charge in [-0.2, -0.15) is 4.31 Å². The summed E-state index contributed by atoms with van der Waals surface area (Å²) in [7, 11) is -3.29. The molecule has 0 fully saturated rings. The van der Waals surface area contributed by atoms with E-state index in [1.54, 1.807) is 19.9 Å². The Labute approximate surface area is 79.1 Å². The van der Waals surface area contributed by atoms with Crippen molar-refractivity contribution in [3.05, 3.63) is 12.7 Å². The van der Waals surface area contributed by atoms with Crippen molar-refractivity contribution in [1.82, 2.24) is 4.31 Å². The first-order chi connectivity index (χ1) is 5.45. The van der Waals surface area contributed by atoms with E-state index in [0.717, 1.165) is 0 Å². The van der Waals surface area contributed by atoms with Crippen LogP contribution >= 0.6 is 11.6 Å². The Hall–Kier alpha value is -0.0600. The number of halogens is 1. The number of rotatable bonds is 5. The Bertz CT molecular complexity index is 236. The molecule has 0 unspecified atom stereocenters. The molecular formula is C7H14ClNO2S. The average molecular weight is 212 g/mol. The van der Waals surface area contributed by atoms with Gasteiger partial charge in [-0.15, -0.1) is 18.2 Å². The Kier molecular flexibility index (Phi) is 4.82. The van der Waals surface area contributed by atoms with Crippen molar-refractivity contribution in [2.24, 2.45) is 0 Å². The highest BCUT2D eigenvalue weighted by Crippen LogP contribution is 2.08. The van der Waals surface area contributed by atoms with Crippen LogP contribution in [0.1, 0.15) is 13.8 Å². The van der Waals surface area contributed by atoms with E-state index < -0.39 is 10.0 Å². The van der Waals surface area contributed by atoms with Crippen LogP contribution in [0, 0.1) is 0 Å². The van der Waals surface area contributed by atoms with Crippen molar-refractivity contribution < 1.29 is 8.42 Å². The van der Waals surface area contributed by atoms with Crippen LogP contribution in [0.3, 0.4) is 0 Å². The normalized spacial score (nSPS) is 12.4. The molecule has 0 radical (unpaired) electrons. The van der Waals surface area contributed by atoms with E-state index in [9.17, 15) is 8.42 Å². The molecular weight excluding hydrogens is 198 g/mol. The minimum Gasteiger partial charge on any atom is -0.211 e. The molecule has 0 rings (SSSR count). The summed E-state index contributed by atoms with van der Waals surface area (Å²) < 4.78 is 23.9. The van der Waals surface area contributed by atoms with Gasteiger partial charge in [0.2, 0.25) is 10.0 Å². The summed E-state index contributed by atoms with van der Waals surface area (Å²) in [4.78, 5) is 0. The van der Waals surface area contributed by atoms with Crippen molar-refractivity contribution >= 4 is 21.6 Å². The summed E-state index contributed by atoms with van der Waals surface area (Å²) in [5, 5.41) is -0.376. The standard InChI is InChI=1S/C7H14ClNO2S/c1-4-5-9(7(2)3)12(10,11)6-8/h4,7H,1,5-6H2,2-3H3. The molecule has 0 amide bonds. The molecule has 12 heavy (non-hydrogen) atoms. The predicted octanol–water partition coefficient (Wildman–Crippen LogP) is 1.41. The summed E-state index contributed by atoms with van der Waals surface area (Å²) >= 11 is 5.30. The van der Waals surface area contributed by atoms with E-state index in [4.69, 9.17) is 11.6 Å². The van der Waals surface area contributed by atoms with Gasteiger partial charge in [0.15, 0.2) is 0 Å². The molecule has 0 N–H and O–H groups in total. The van der Waals surface area contributed by atoms with Crippen LogP contribution in [0.15, 0.2) is 12.7 Å². The maximum Gasteiger partial charge on any atom is 0.228 e. The maximum absolute atomic E-state index is 11.3. The van der Waals surface area contributed by atoms with Crippen molar-refractivity contribution in [2.75, 3.05) is 11.8 Å². The molecule has 5 heteroatoms. The molecule has 0 aromatic carbocycles. The third-order valence-corrected chi connectivity index (χ3v) is 3.77. The van der Waals surface area contributed by atoms with Crippen molar-refractivity contribution in [1.29, 1.82) is 0 Å². The van der Waals surface area contributed by atoms with Crippen LogP contribution in [0.4, 0.5) is 0 Å². The fourth-order valence-corrected chi connectivity index (χ4v) is 2.31. The minimum absolute atomic E-state index is 0.0771. The van der Waals surface area contributed by atoms with Crippen LogP contribution < -0.4 is 0 Å². The molecule has 0 aliphatic heterocycles. The Morgan fingerprint density at radius 3 is 2.33 bits per heavy atom. The smallest absolute Gasteiger partial charge is 0.211 e. The third-order valence-electron chi connectivity index (χ3n) is 1.38. The fourth-order valence-electron chi connectivity index (χ4n) is 0.836. The van der Waals surface area contributed by atoms with Crippen LogP contribution in [-0.2, 0) is 10.0 Å². The number of sulfonamides is 1. The topological polar surface area (TPSA) is 37.4 Å². The lowest BCUT2D eigenvalue weighted by Gasteiger charge is -2.22. The minimum atomic E-state index is -3.29. The predicted molar refractivity (Wildman–Crippen MR) is 51.7 cm³/mol. The van der Waals surface area contributed by atoms with Gasteiger partial charge in [0.1, 0.15) is 5.21 Å². The monoisotopic (exact) mass is 211 g/mol. The van der Waals surface area contributed by atoms with Gasteiger partial charge in [0, 0.05) is 12.6 Å². The van der Waals surface area contributed by atoms with Crippen LogP contribution in [0.25, 0.3) is 0 Å². The Morgan fingerprint density at radius 1 is 1.58 bits per heavy atom. The van der Waals surface area contributed by atoms with E-state index in [1.807, 2.05) is 0 Å². The van der Waals surface area contributed by atoms with Gasteiger partial charge in [0.05, 0.1) is 0 Å². The van der Waals surface area contributed by atoms with E-state index in [0.29, 0.717) is 6.54 Å². The first-order valence-electron chi connectivity index (χ1n) is 3.62. The molecule has 0 spiro atoms. The molecule has 0 aromatic heterocycles. The van der Waals surface area contributed by atoms with Crippen LogP contribution in [0.5, 0.6) is 0 Å². The van der Waals surface area contributed by atoms with E-state index in [2.05, 4.69) is 6.58 Å². The zero-order valence-corrected chi connectivity index (χ0v) is 8.90. The summed E-state index contributed by atoms with van der Waals surface area (Å²) in [6.45, 7) is 7.39. The molecule has 0 aliphatic carbocycles. The third kappa shape index (κ3) is 3.13. The van der Waals surface area contributed by atoms with Gasteiger partial charge in [0.25, 0.3) is 0 Å². The van der Waals surface area contributed by atoms with Crippen molar-refractivity contribution in [3.63, 3.8) is 0 Å². The first kappa shape index (κ1) is 11.9. The van der Waals surface area contributed by atoms with E-state index >= 15 is 0 Å². The molecule has 0 saturated heterocycles. The second-order valence-corrected chi connectivity index (χ2v) is 5.18. The Balaban J connectivity index is 4.62. The second-order valence-electron chi connectivity index (χ2n) is 2.67. The number of hydrogen-bond donors (Lipinski definition) is 0. The van der Waals surface area contributed by atoms with E-state index in [1.165, 1.54) is 4.31 Å². The number of hydrogen-bond acceptors (Lipinski definition) is 2. The van der Waals surface area contributed by atoms with Gasteiger partial charge >= 0.3 is 0 Å². The van der Waals surface area contributed by atoms with Gasteiger partial charge < -0.3 is 0 Å². The van der Waals surface area contributed by atoms with Crippen molar-refractivity contribution in [2.45, 2.75) is 19.9 Å². The number of nitrogens with zero attached hydrogens (tertiary/aromatic N) is 1. The largest absolute Gasteiger partial charge is 0.228 e. The fraction of sp³-hybridized carbons (Fsp3) is 0.714. The van der Waals surface area contributed by atoms with Crippen LogP contribution in [-0.4, -0.2) is 30.5 Å². The summed E-state index contributed by atoms with van der Waals surface area (Å²) in [5.74, 6) is 0. The molecule has 72 valence electrons. The van der Waals surface area contributed by atoms with Crippen molar-refractivity contribution in [3.8, 4) is 0 Å². The van der Waals surface area contributed by atoms with Gasteiger partial charge in [-0.25, -0.2) is 8.42 Å². The first-order valence-corrected chi connectivity index (χ1v) is 5.76. The van der Waals surface area contributed by atoms with Gasteiger partial charge in [-0.05, 0) is 13.8 Å². The zero-order valence-electron chi connectivity index (χ0n) is 7.33. The van der Waals surface area contributed by atoms with Crippen LogP contribution in [0.2, 0.25) is 0 Å². The lowest BCUT2D eigenvalue weighted by Crippen LogP contribution is -2.37. The van der Waals surface area contributed by atoms with Gasteiger partial charge in [-0.3, -0.25) is 0 Å². The SMILES string of the molecule is C=CCN(C(C)C)S(=O)(=O)CCl. The molecule has 0 saturated carbocycles. The molecule has 0 aliphatic rings. The molecule has 0 bridgehead atoms. The Morgan fingerprint density at radius 2 is 2.08 bits per heavy atom. The highest BCUT2D eigenvalue weighted by molar-refractivity contribution is 7.90. The van der Waals surface area contributed by atoms with E-state index in [-0.39, 0.29) is 11.3 Å².